The number of nitrogens with zero attached hydrogens (tertiary/aromatic N) is 3. The fourth-order valence-electron chi connectivity index (χ4n) is 3.92. The Morgan fingerprint density at radius 1 is 1.07 bits per heavy atom. The van der Waals surface area contributed by atoms with Gasteiger partial charge in [-0.1, -0.05) is 18.2 Å². The lowest BCUT2D eigenvalue weighted by molar-refractivity contribution is -0.121. The van der Waals surface area contributed by atoms with Crippen molar-refractivity contribution in [1.82, 2.24) is 25.2 Å². The summed E-state index contributed by atoms with van der Waals surface area (Å²) in [6, 6.07) is 11.8. The van der Waals surface area contributed by atoms with E-state index in [-0.39, 0.29) is 54.0 Å². The van der Waals surface area contributed by atoms with Gasteiger partial charge in [-0.3, -0.25) is 19.2 Å². The van der Waals surface area contributed by atoms with E-state index in [1.807, 2.05) is 0 Å². The van der Waals surface area contributed by atoms with E-state index in [2.05, 4.69) is 20.7 Å². The summed E-state index contributed by atoms with van der Waals surface area (Å²) >= 11 is 0. The number of aromatic nitrogens is 3. The standard InChI is InChI=1S/C22H20FN5O5.C7H8FN/c1-11(12(2)29)26-22(32)18-7-17(27-20-16(23)9-25-28(18)20)21(31)24-8-13-3-4-19-14(5-13)6-15(30)10-33-19;8-7-3-1-6(5-9)2-4-7/h3-5,7,9,11H,6,8,10H2,1-2H3,(H,24,31)(H,26,32);1-4H,5,9H2/t11-;/m0./s1. The molecular weight excluding hydrogens is 550 g/mol. The number of fused-ring (bicyclic) bond motifs is 2. The lowest BCUT2D eigenvalue weighted by Gasteiger charge is -2.17. The van der Waals surface area contributed by atoms with Gasteiger partial charge in [0.25, 0.3) is 11.8 Å². The number of nitrogens with two attached hydrogens (primary N) is 1. The van der Waals surface area contributed by atoms with Crippen LogP contribution in [0.25, 0.3) is 5.65 Å². The molecule has 4 aromatic rings. The molecule has 0 unspecified atom stereocenters. The molecule has 0 aliphatic carbocycles. The molecule has 0 radical (unpaired) electrons. The van der Waals surface area contributed by atoms with Crippen molar-refractivity contribution < 1.29 is 32.7 Å². The maximum atomic E-state index is 14.2. The molecule has 2 amide bonds. The second kappa shape index (κ2) is 13.1. The first-order valence-corrected chi connectivity index (χ1v) is 12.9. The number of ether oxygens (including phenoxy) is 1. The zero-order valence-electron chi connectivity index (χ0n) is 22.8. The van der Waals surface area contributed by atoms with Crippen molar-refractivity contribution in [1.29, 1.82) is 0 Å². The summed E-state index contributed by atoms with van der Waals surface area (Å²) in [5.74, 6) is -2.05. The quantitative estimate of drug-likeness (QED) is 0.301. The second-order valence-corrected chi connectivity index (χ2v) is 9.52. The molecule has 218 valence electrons. The Balaban J connectivity index is 0.000000385. The van der Waals surface area contributed by atoms with E-state index in [1.165, 1.54) is 32.0 Å². The number of hydrogen-bond donors (Lipinski definition) is 3. The van der Waals surface area contributed by atoms with Gasteiger partial charge in [-0.25, -0.2) is 18.3 Å². The molecule has 0 fully saturated rings. The first kappa shape index (κ1) is 29.9. The SMILES string of the molecule is CC(=O)[C@H](C)NC(=O)c1cc(C(=O)NCc2ccc3c(c2)CC(=O)CO3)nc2c(F)cnn12.NCc1ccc(F)cc1. The number of carbonyl (C=O) groups is 4. The van der Waals surface area contributed by atoms with E-state index in [0.717, 1.165) is 27.4 Å². The molecule has 42 heavy (non-hydrogen) atoms. The largest absolute Gasteiger partial charge is 0.486 e. The fourth-order valence-corrected chi connectivity index (χ4v) is 3.92. The van der Waals surface area contributed by atoms with Crippen molar-refractivity contribution in [3.63, 3.8) is 0 Å². The summed E-state index contributed by atoms with van der Waals surface area (Å²) in [6.07, 6.45) is 1.14. The number of halogens is 2. The number of ketones is 2. The average Bonchev–Trinajstić information content (AvgIpc) is 3.36. The Morgan fingerprint density at radius 3 is 2.48 bits per heavy atom. The predicted octanol–water partition coefficient (Wildman–Crippen LogP) is 2.29. The summed E-state index contributed by atoms with van der Waals surface area (Å²) < 4.78 is 32.7. The van der Waals surface area contributed by atoms with Gasteiger partial charge in [0.05, 0.1) is 12.2 Å². The van der Waals surface area contributed by atoms with Crippen LogP contribution in [0.5, 0.6) is 5.75 Å². The minimum atomic E-state index is -0.808. The summed E-state index contributed by atoms with van der Waals surface area (Å²) in [7, 11) is 0. The van der Waals surface area contributed by atoms with Gasteiger partial charge in [-0.15, -0.1) is 0 Å². The number of benzene rings is 2. The summed E-state index contributed by atoms with van der Waals surface area (Å²) in [6.45, 7) is 3.46. The number of rotatable bonds is 7. The van der Waals surface area contributed by atoms with E-state index in [0.29, 0.717) is 12.3 Å². The first-order valence-electron chi connectivity index (χ1n) is 12.9. The maximum Gasteiger partial charge on any atom is 0.270 e. The average molecular weight is 579 g/mol. The van der Waals surface area contributed by atoms with Gasteiger partial charge in [-0.05, 0) is 49.2 Å². The molecule has 4 N–H and O–H groups in total. The minimum Gasteiger partial charge on any atom is -0.486 e. The van der Waals surface area contributed by atoms with Crippen LogP contribution in [-0.2, 0) is 29.1 Å². The number of carbonyl (C=O) groups excluding carboxylic acids is 4. The molecule has 2 aromatic heterocycles. The molecule has 1 atom stereocenters. The van der Waals surface area contributed by atoms with Crippen LogP contribution in [0.2, 0.25) is 0 Å². The van der Waals surface area contributed by atoms with Gasteiger partial charge >= 0.3 is 0 Å². The molecule has 1 aliphatic heterocycles. The third kappa shape index (κ3) is 7.18. The highest BCUT2D eigenvalue weighted by Gasteiger charge is 2.22. The van der Waals surface area contributed by atoms with Crippen molar-refractivity contribution in [3.8, 4) is 5.75 Å². The molecule has 0 saturated carbocycles. The molecule has 3 heterocycles. The van der Waals surface area contributed by atoms with Crippen molar-refractivity contribution in [2.75, 3.05) is 6.61 Å². The first-order chi connectivity index (χ1) is 20.0. The van der Waals surface area contributed by atoms with Crippen molar-refractivity contribution in [2.45, 2.75) is 39.4 Å². The molecule has 13 heteroatoms. The predicted molar refractivity (Wildman–Crippen MR) is 147 cm³/mol. The smallest absolute Gasteiger partial charge is 0.270 e. The number of Topliss-reactive ketones (excluding diaryl/α,β-unsaturated/α-hetero) is 2. The Labute approximate surface area is 239 Å². The second-order valence-electron chi connectivity index (χ2n) is 9.52. The van der Waals surface area contributed by atoms with Crippen LogP contribution in [0.1, 0.15) is 51.5 Å². The molecule has 1 aliphatic rings. The van der Waals surface area contributed by atoms with Crippen LogP contribution in [0.15, 0.2) is 54.7 Å². The third-order valence-corrected chi connectivity index (χ3v) is 6.35. The Hall–Kier alpha value is -5.04. The maximum absolute atomic E-state index is 14.2. The summed E-state index contributed by atoms with van der Waals surface area (Å²) in [5, 5.41) is 8.95. The van der Waals surface area contributed by atoms with Gasteiger partial charge in [-0.2, -0.15) is 5.10 Å². The Kier molecular flexibility index (Phi) is 9.32. The van der Waals surface area contributed by atoms with Crippen LogP contribution in [0, 0.1) is 11.6 Å². The van der Waals surface area contributed by atoms with Gasteiger partial charge < -0.3 is 21.1 Å². The zero-order chi connectivity index (χ0) is 30.4. The Bertz CT molecular complexity index is 1650. The molecular formula is C29H28F2N6O5. The monoisotopic (exact) mass is 578 g/mol. The molecule has 0 spiro atoms. The summed E-state index contributed by atoms with van der Waals surface area (Å²) in [4.78, 5) is 52.5. The van der Waals surface area contributed by atoms with Crippen LogP contribution in [0.4, 0.5) is 8.78 Å². The van der Waals surface area contributed by atoms with Crippen molar-refractivity contribution in [3.05, 3.63) is 94.4 Å². The number of amides is 2. The van der Waals surface area contributed by atoms with Gasteiger partial charge in [0, 0.05) is 31.1 Å². The number of nitrogens with one attached hydrogen (secondary N) is 2. The van der Waals surface area contributed by atoms with E-state index in [1.54, 1.807) is 30.3 Å². The fraction of sp³-hybridized carbons (Fsp3) is 0.241. The van der Waals surface area contributed by atoms with Crippen LogP contribution < -0.4 is 21.1 Å². The lowest BCUT2D eigenvalue weighted by Crippen LogP contribution is -2.38. The van der Waals surface area contributed by atoms with Crippen LogP contribution >= 0.6 is 0 Å². The molecule has 2 aromatic carbocycles. The van der Waals surface area contributed by atoms with Crippen molar-refractivity contribution in [2.24, 2.45) is 5.73 Å². The molecule has 0 saturated heterocycles. The summed E-state index contributed by atoms with van der Waals surface area (Å²) in [5.41, 5.74) is 7.05. The van der Waals surface area contributed by atoms with E-state index < -0.39 is 23.7 Å². The molecule has 0 bridgehead atoms. The highest BCUT2D eigenvalue weighted by molar-refractivity contribution is 5.99. The Morgan fingerprint density at radius 2 is 1.79 bits per heavy atom. The minimum absolute atomic E-state index is 0.0334. The molecule has 11 nitrogen and oxygen atoms in total. The van der Waals surface area contributed by atoms with Crippen molar-refractivity contribution >= 4 is 29.0 Å². The van der Waals surface area contributed by atoms with Crippen LogP contribution in [-0.4, -0.2) is 50.6 Å². The topological polar surface area (TPSA) is 158 Å². The normalized spacial score (nSPS) is 12.8. The highest BCUT2D eigenvalue weighted by atomic mass is 19.1. The highest BCUT2D eigenvalue weighted by Crippen LogP contribution is 2.24. The van der Waals surface area contributed by atoms with Crippen LogP contribution in [0.3, 0.4) is 0 Å². The van der Waals surface area contributed by atoms with E-state index in [9.17, 15) is 28.0 Å². The third-order valence-electron chi connectivity index (χ3n) is 6.35. The van der Waals surface area contributed by atoms with E-state index in [4.69, 9.17) is 10.5 Å². The van der Waals surface area contributed by atoms with E-state index >= 15 is 0 Å². The van der Waals surface area contributed by atoms with Gasteiger partial charge in [0.1, 0.15) is 29.6 Å². The van der Waals surface area contributed by atoms with Gasteiger partial charge in [0.15, 0.2) is 23.0 Å². The lowest BCUT2D eigenvalue weighted by atomic mass is 10.0. The van der Waals surface area contributed by atoms with Gasteiger partial charge in [0.2, 0.25) is 0 Å². The number of hydrogen-bond acceptors (Lipinski definition) is 8. The molecule has 5 rings (SSSR count). The zero-order valence-corrected chi connectivity index (χ0v) is 22.8.